The molecule has 1 atom stereocenters. The smallest absolute Gasteiger partial charge is 0.331 e. The summed E-state index contributed by atoms with van der Waals surface area (Å²) in [5, 5.41) is 12.0. The van der Waals surface area contributed by atoms with Gasteiger partial charge in [-0.2, -0.15) is 0 Å². The third-order valence-corrected chi connectivity index (χ3v) is 5.78. The van der Waals surface area contributed by atoms with Crippen LogP contribution in [0.1, 0.15) is 28.8 Å². The first-order valence-corrected chi connectivity index (χ1v) is 9.82. The minimum absolute atomic E-state index is 0.0686. The first-order valence-electron chi connectivity index (χ1n) is 7.97. The molecule has 0 saturated carbocycles. The van der Waals surface area contributed by atoms with Crippen molar-refractivity contribution in [2.24, 2.45) is 0 Å². The molecule has 25 heavy (non-hydrogen) atoms. The number of sulfonamides is 1. The number of carboxylic acids is 1. The minimum atomic E-state index is -3.37. The number of benzene rings is 1. The van der Waals surface area contributed by atoms with Crippen LogP contribution in [0.25, 0.3) is 0 Å². The van der Waals surface area contributed by atoms with Crippen LogP contribution >= 0.6 is 0 Å². The average Bonchev–Trinajstić information content (AvgIpc) is 3.02. The van der Waals surface area contributed by atoms with Crippen LogP contribution in [-0.4, -0.2) is 57.0 Å². The van der Waals surface area contributed by atoms with Gasteiger partial charge < -0.3 is 15.2 Å². The van der Waals surface area contributed by atoms with E-state index in [4.69, 9.17) is 4.74 Å². The quantitative estimate of drug-likeness (QED) is 0.794. The van der Waals surface area contributed by atoms with E-state index in [1.165, 1.54) is 10.4 Å². The van der Waals surface area contributed by atoms with Crippen LogP contribution in [0.2, 0.25) is 0 Å². The van der Waals surface area contributed by atoms with Gasteiger partial charge in [-0.15, -0.1) is 0 Å². The fraction of sp³-hybridized carbons (Fsp3) is 0.500. The molecule has 1 saturated heterocycles. The van der Waals surface area contributed by atoms with Gasteiger partial charge in [-0.1, -0.05) is 0 Å². The minimum Gasteiger partial charge on any atom is -0.479 e. The molecule has 2 aliphatic rings. The van der Waals surface area contributed by atoms with Gasteiger partial charge in [-0.05, 0) is 36.6 Å². The maximum atomic E-state index is 12.5. The molecule has 2 aliphatic heterocycles. The van der Waals surface area contributed by atoms with Gasteiger partial charge in [0.25, 0.3) is 5.91 Å². The van der Waals surface area contributed by atoms with Crippen molar-refractivity contribution < 1.29 is 27.9 Å². The van der Waals surface area contributed by atoms with E-state index >= 15 is 0 Å². The molecule has 1 unspecified atom stereocenters. The van der Waals surface area contributed by atoms with Gasteiger partial charge in [-0.25, -0.2) is 13.2 Å². The Morgan fingerprint density at radius 2 is 2.12 bits per heavy atom. The van der Waals surface area contributed by atoms with E-state index in [-0.39, 0.29) is 19.6 Å². The van der Waals surface area contributed by atoms with Crippen molar-refractivity contribution in [3.8, 4) is 0 Å². The molecule has 1 amide bonds. The number of anilines is 1. The fourth-order valence-corrected chi connectivity index (χ4v) is 4.22. The zero-order valence-corrected chi connectivity index (χ0v) is 14.6. The molecular weight excluding hydrogens is 348 g/mol. The number of nitrogens with one attached hydrogen (secondary N) is 1. The molecule has 0 aromatic heterocycles. The molecule has 2 N–H and O–H groups in total. The first-order chi connectivity index (χ1) is 11.7. The predicted octanol–water partition coefficient (Wildman–Crippen LogP) is 0.372. The maximum Gasteiger partial charge on any atom is 0.331 e. The second-order valence-corrected chi connectivity index (χ2v) is 8.33. The second-order valence-electron chi connectivity index (χ2n) is 6.43. The van der Waals surface area contributed by atoms with Crippen LogP contribution in [0, 0.1) is 0 Å². The summed E-state index contributed by atoms with van der Waals surface area (Å²) in [7, 11) is -3.37. The number of hydrogen-bond donors (Lipinski definition) is 2. The van der Waals surface area contributed by atoms with Crippen LogP contribution < -0.4 is 9.62 Å². The normalized spacial score (nSPS) is 23.2. The van der Waals surface area contributed by atoms with E-state index in [1.54, 1.807) is 12.1 Å². The molecule has 9 heteroatoms. The third-order valence-electron chi connectivity index (χ3n) is 4.60. The second kappa shape index (κ2) is 6.30. The molecular formula is C16H20N2O6S. The summed E-state index contributed by atoms with van der Waals surface area (Å²) in [6, 6.07) is 4.75. The van der Waals surface area contributed by atoms with Crippen molar-refractivity contribution >= 4 is 27.6 Å². The van der Waals surface area contributed by atoms with E-state index in [9.17, 15) is 23.1 Å². The van der Waals surface area contributed by atoms with Gasteiger partial charge >= 0.3 is 5.97 Å². The zero-order chi connectivity index (χ0) is 18.2. The molecule has 1 aromatic rings. The van der Waals surface area contributed by atoms with Crippen molar-refractivity contribution in [3.05, 3.63) is 29.3 Å². The van der Waals surface area contributed by atoms with E-state index < -0.39 is 27.4 Å². The van der Waals surface area contributed by atoms with E-state index in [1.807, 2.05) is 0 Å². The molecule has 0 radical (unpaired) electrons. The molecule has 0 aliphatic carbocycles. The molecule has 1 aromatic carbocycles. The average molecular weight is 368 g/mol. The Morgan fingerprint density at radius 1 is 1.36 bits per heavy atom. The van der Waals surface area contributed by atoms with Gasteiger partial charge in [0.15, 0.2) is 5.54 Å². The van der Waals surface area contributed by atoms with Gasteiger partial charge in [0, 0.05) is 25.1 Å². The highest BCUT2D eigenvalue weighted by molar-refractivity contribution is 7.92. The number of carbonyl (C=O) groups is 2. The van der Waals surface area contributed by atoms with Crippen LogP contribution in [0.15, 0.2) is 18.2 Å². The van der Waals surface area contributed by atoms with Gasteiger partial charge in [0.05, 0.1) is 18.6 Å². The summed E-state index contributed by atoms with van der Waals surface area (Å²) in [5.41, 5.74) is 0.228. The summed E-state index contributed by atoms with van der Waals surface area (Å²) in [6.45, 7) is 0.623. The van der Waals surface area contributed by atoms with Crippen LogP contribution in [0.4, 0.5) is 5.69 Å². The number of rotatable bonds is 4. The van der Waals surface area contributed by atoms with Crippen molar-refractivity contribution in [1.82, 2.24) is 5.32 Å². The number of hydrogen-bond acceptors (Lipinski definition) is 5. The molecule has 2 heterocycles. The zero-order valence-electron chi connectivity index (χ0n) is 13.8. The van der Waals surface area contributed by atoms with Crippen molar-refractivity contribution in [3.63, 3.8) is 0 Å². The number of ether oxygens (including phenoxy) is 1. The SMILES string of the molecule is CS(=O)(=O)N1CCCc2cc(C(=O)NC3(C(=O)O)CCOC3)ccc21. The lowest BCUT2D eigenvalue weighted by Gasteiger charge is -2.29. The summed E-state index contributed by atoms with van der Waals surface area (Å²) in [5.74, 6) is -1.63. The summed E-state index contributed by atoms with van der Waals surface area (Å²) in [6.07, 6.45) is 2.69. The van der Waals surface area contributed by atoms with Gasteiger partial charge in [0.1, 0.15) is 0 Å². The number of amides is 1. The Labute approximate surface area is 145 Å². The lowest BCUT2D eigenvalue weighted by atomic mass is 9.97. The topological polar surface area (TPSA) is 113 Å². The number of carbonyl (C=O) groups excluding carboxylic acids is 1. The summed E-state index contributed by atoms with van der Waals surface area (Å²) < 4.78 is 30.2. The largest absolute Gasteiger partial charge is 0.479 e. The predicted molar refractivity (Wildman–Crippen MR) is 90.2 cm³/mol. The lowest BCUT2D eigenvalue weighted by Crippen LogP contribution is -2.55. The number of carboxylic acid groups (broad SMARTS) is 1. The summed E-state index contributed by atoms with van der Waals surface area (Å²) in [4.78, 5) is 24.0. The fourth-order valence-electron chi connectivity index (χ4n) is 3.22. The molecule has 0 spiro atoms. The van der Waals surface area contributed by atoms with E-state index in [0.717, 1.165) is 11.8 Å². The number of aliphatic carboxylic acids is 1. The highest BCUT2D eigenvalue weighted by Crippen LogP contribution is 2.30. The van der Waals surface area contributed by atoms with Crippen molar-refractivity contribution in [1.29, 1.82) is 0 Å². The number of fused-ring (bicyclic) bond motifs is 1. The molecule has 1 fully saturated rings. The highest BCUT2D eigenvalue weighted by atomic mass is 32.2. The summed E-state index contributed by atoms with van der Waals surface area (Å²) >= 11 is 0. The Kier molecular flexibility index (Phi) is 4.46. The Morgan fingerprint density at radius 3 is 2.72 bits per heavy atom. The van der Waals surface area contributed by atoms with Crippen molar-refractivity contribution in [2.45, 2.75) is 24.8 Å². The van der Waals surface area contributed by atoms with Gasteiger partial charge in [-0.3, -0.25) is 9.10 Å². The van der Waals surface area contributed by atoms with E-state index in [2.05, 4.69) is 5.32 Å². The van der Waals surface area contributed by atoms with Crippen LogP contribution in [0.5, 0.6) is 0 Å². The third kappa shape index (κ3) is 3.34. The molecule has 8 nitrogen and oxygen atoms in total. The standard InChI is InChI=1S/C16H20N2O6S/c1-25(22,23)18-7-2-3-11-9-12(4-5-13(11)18)14(19)17-16(15(20)21)6-8-24-10-16/h4-5,9H,2-3,6-8,10H2,1H3,(H,17,19)(H,20,21). The lowest BCUT2D eigenvalue weighted by molar-refractivity contribution is -0.144. The number of nitrogens with zero attached hydrogens (tertiary/aromatic N) is 1. The highest BCUT2D eigenvalue weighted by Gasteiger charge is 2.44. The monoisotopic (exact) mass is 368 g/mol. The molecule has 3 rings (SSSR count). The Bertz CT molecular complexity index is 814. The molecule has 136 valence electrons. The van der Waals surface area contributed by atoms with Crippen molar-refractivity contribution in [2.75, 3.05) is 30.3 Å². The Balaban J connectivity index is 1.87. The number of aryl methyl sites for hydroxylation is 1. The van der Waals surface area contributed by atoms with Crippen LogP contribution in [-0.2, 0) is 26.0 Å². The first kappa shape index (κ1) is 17.7. The van der Waals surface area contributed by atoms with Gasteiger partial charge in [0.2, 0.25) is 10.0 Å². The van der Waals surface area contributed by atoms with Crippen LogP contribution in [0.3, 0.4) is 0 Å². The molecule has 0 bridgehead atoms. The Hall–Kier alpha value is -2.13. The maximum absolute atomic E-state index is 12.5. The van der Waals surface area contributed by atoms with E-state index in [0.29, 0.717) is 30.6 Å².